The van der Waals surface area contributed by atoms with Crippen molar-refractivity contribution >= 4 is 40.6 Å². The minimum Gasteiger partial charge on any atom is -0.508 e. The van der Waals surface area contributed by atoms with Gasteiger partial charge < -0.3 is 39.6 Å². The number of carbonyl (C=O) groups excluding carboxylic acids is 3. The van der Waals surface area contributed by atoms with Crippen molar-refractivity contribution in [3.63, 3.8) is 0 Å². The van der Waals surface area contributed by atoms with Crippen LogP contribution < -0.4 is 10.2 Å². The van der Waals surface area contributed by atoms with Crippen LogP contribution in [0.25, 0.3) is 0 Å². The average Bonchev–Trinajstić information content (AvgIpc) is 3.66. The van der Waals surface area contributed by atoms with Crippen molar-refractivity contribution in [2.24, 2.45) is 5.16 Å². The molecule has 0 radical (unpaired) electrons. The lowest BCUT2D eigenvalue weighted by Gasteiger charge is -2.27. The molecule has 7 rings (SSSR count). The number of phenolic OH excluding ortho intramolecular Hbond substituents is 2. The van der Waals surface area contributed by atoms with Gasteiger partial charge >= 0.3 is 5.97 Å². The van der Waals surface area contributed by atoms with E-state index in [0.717, 1.165) is 44.7 Å². The summed E-state index contributed by atoms with van der Waals surface area (Å²) in [6, 6.07) is 19.7. The second-order valence-electron chi connectivity index (χ2n) is 19.9. The van der Waals surface area contributed by atoms with E-state index in [4.69, 9.17) is 14.3 Å². The van der Waals surface area contributed by atoms with Gasteiger partial charge in [0.25, 0.3) is 5.91 Å². The van der Waals surface area contributed by atoms with Gasteiger partial charge in [0.1, 0.15) is 30.2 Å². The summed E-state index contributed by atoms with van der Waals surface area (Å²) in [4.78, 5) is 48.9. The Balaban J connectivity index is 0.910. The van der Waals surface area contributed by atoms with Crippen LogP contribution in [0.5, 0.6) is 11.5 Å². The number of unbranched alkanes of at least 4 members (excludes halogenated alkanes) is 1. The number of hydrogen-bond donors (Lipinski definition) is 3. The monoisotopic (exact) mass is 955 g/mol. The van der Waals surface area contributed by atoms with Crippen LogP contribution in [0.3, 0.4) is 0 Å². The summed E-state index contributed by atoms with van der Waals surface area (Å²) in [5, 5.41) is 28.4. The van der Waals surface area contributed by atoms with Crippen molar-refractivity contribution in [1.82, 2.24) is 10.2 Å². The summed E-state index contributed by atoms with van der Waals surface area (Å²) in [5.41, 5.74) is 7.91. The number of oxime groups is 1. The van der Waals surface area contributed by atoms with Crippen molar-refractivity contribution in [2.75, 3.05) is 51.3 Å². The molecule has 0 aromatic heterocycles. The van der Waals surface area contributed by atoms with E-state index < -0.39 is 17.8 Å². The molecule has 0 saturated carbocycles. The highest BCUT2D eigenvalue weighted by molar-refractivity contribution is 6.03. The number of fused-ring (bicyclic) bond motifs is 3. The van der Waals surface area contributed by atoms with Crippen LogP contribution in [0.15, 0.2) is 114 Å². The molecule has 2 amide bonds. The number of anilines is 1. The molecule has 0 aliphatic carbocycles. The van der Waals surface area contributed by atoms with E-state index in [1.165, 1.54) is 40.0 Å². The van der Waals surface area contributed by atoms with Crippen molar-refractivity contribution in [3.05, 3.63) is 131 Å². The zero-order valence-electron chi connectivity index (χ0n) is 41.9. The van der Waals surface area contributed by atoms with Crippen LogP contribution in [-0.2, 0) is 41.2 Å². The maximum Gasteiger partial charge on any atom is 0.342 e. The van der Waals surface area contributed by atoms with Crippen LogP contribution in [0.4, 0.5) is 11.4 Å². The SMILES string of the molecule is C[C@@H]1C/C=C/[C@@H](OCCCNC(=O)CCCCN2/C(=C\C=C\C3=[N+](C)c4ccccc4C3(C)C)C(C)(C)c3ccccc32)C/C=C/C(=N\OCC(=O)N2CCCCC2)Cc2cc(O)cc(O)c2C(=O)O1. The van der Waals surface area contributed by atoms with E-state index in [9.17, 15) is 24.6 Å². The third-order valence-corrected chi connectivity index (χ3v) is 13.9. The zero-order chi connectivity index (χ0) is 49.8. The number of piperidine rings is 1. The molecule has 4 aliphatic heterocycles. The largest absolute Gasteiger partial charge is 0.508 e. The Hall–Kier alpha value is -6.47. The first-order chi connectivity index (χ1) is 33.6. The van der Waals surface area contributed by atoms with E-state index >= 15 is 0 Å². The van der Waals surface area contributed by atoms with E-state index in [-0.39, 0.29) is 53.1 Å². The molecule has 372 valence electrons. The van der Waals surface area contributed by atoms with Gasteiger partial charge in [0.2, 0.25) is 11.6 Å². The third kappa shape index (κ3) is 12.5. The van der Waals surface area contributed by atoms with E-state index in [0.29, 0.717) is 63.2 Å². The lowest BCUT2D eigenvalue weighted by atomic mass is 9.81. The van der Waals surface area contributed by atoms with Gasteiger partial charge in [0, 0.05) is 92.6 Å². The Kier molecular flexibility index (Phi) is 17.2. The number of para-hydroxylation sites is 2. The Morgan fingerprint density at radius 1 is 0.943 bits per heavy atom. The van der Waals surface area contributed by atoms with Crippen LogP contribution in [0.2, 0.25) is 0 Å². The molecule has 0 spiro atoms. The highest BCUT2D eigenvalue weighted by atomic mass is 16.6. The van der Waals surface area contributed by atoms with Crippen LogP contribution in [0, 0.1) is 0 Å². The lowest BCUT2D eigenvalue weighted by molar-refractivity contribution is -0.401. The summed E-state index contributed by atoms with van der Waals surface area (Å²) >= 11 is 0. The molecular formula is C57H72N5O8+. The van der Waals surface area contributed by atoms with Gasteiger partial charge in [-0.25, -0.2) is 4.79 Å². The van der Waals surface area contributed by atoms with Crippen molar-refractivity contribution < 1.29 is 43.5 Å². The average molecular weight is 955 g/mol. The number of cyclic esters (lactones) is 1. The number of carbonyl (C=O) groups is 3. The number of nitrogens with zero attached hydrogens (tertiary/aromatic N) is 4. The predicted octanol–water partition coefficient (Wildman–Crippen LogP) is 9.48. The number of allylic oxidation sites excluding steroid dienone is 5. The first-order valence-electron chi connectivity index (χ1n) is 25.1. The number of nitrogens with one attached hydrogen (secondary N) is 1. The highest BCUT2D eigenvalue weighted by Crippen LogP contribution is 2.48. The standard InChI is InChI=1S/C57H71N5O8/c1-40-20-16-22-44(23-17-21-42(59-69-39-53(66)61-32-13-7-14-33-61)36-41-37-43(63)38-49(64)54(41)55(67)70-40)68-35-19-31-58-52(65)30-12-15-34-62-48-27-11-9-25-46(48)57(4,5)51(62)29-18-28-50-56(2,3)45-24-8-10-26-47(45)60(50)6/h8-11,16-18,21-22,24-29,37-38,40,44H,7,12-15,19-20,23,30-36,39H2,1-6H3,(H2-,58,63,64,65,67)/p+1/b21-17+,22-16+,59-42+/t40-,44-/m1/s1. The van der Waals surface area contributed by atoms with Crippen molar-refractivity contribution in [3.8, 4) is 11.5 Å². The number of phenols is 2. The Labute approximate surface area is 413 Å². The molecule has 70 heavy (non-hydrogen) atoms. The summed E-state index contributed by atoms with van der Waals surface area (Å²) in [6.45, 7) is 13.7. The van der Waals surface area contributed by atoms with Gasteiger partial charge in [-0.3, -0.25) is 9.59 Å². The second-order valence-corrected chi connectivity index (χ2v) is 19.9. The van der Waals surface area contributed by atoms with Gasteiger partial charge in [0.05, 0.1) is 17.2 Å². The first-order valence-corrected chi connectivity index (χ1v) is 25.1. The Morgan fingerprint density at radius 3 is 2.49 bits per heavy atom. The second kappa shape index (κ2) is 23.4. The number of aromatic hydroxyl groups is 2. The van der Waals surface area contributed by atoms with Crippen LogP contribution in [-0.4, -0.2) is 108 Å². The quantitative estimate of drug-likeness (QED) is 0.0445. The molecule has 3 N–H and O–H groups in total. The fourth-order valence-corrected chi connectivity index (χ4v) is 10.1. The van der Waals surface area contributed by atoms with Crippen LogP contribution >= 0.6 is 0 Å². The molecule has 3 aromatic rings. The summed E-state index contributed by atoms with van der Waals surface area (Å²) in [5.74, 6) is -1.51. The topological polar surface area (TPSA) is 153 Å². The Bertz CT molecular complexity index is 2560. The molecule has 13 nitrogen and oxygen atoms in total. The summed E-state index contributed by atoms with van der Waals surface area (Å²) in [6.07, 6.45) is 19.9. The van der Waals surface area contributed by atoms with E-state index in [1.54, 1.807) is 17.9 Å². The smallest absolute Gasteiger partial charge is 0.342 e. The molecule has 0 unspecified atom stereocenters. The Morgan fingerprint density at radius 2 is 1.70 bits per heavy atom. The van der Waals surface area contributed by atoms with Gasteiger partial charge in [-0.2, -0.15) is 4.58 Å². The predicted molar refractivity (Wildman–Crippen MR) is 275 cm³/mol. The fourth-order valence-electron chi connectivity index (χ4n) is 10.1. The molecular weight excluding hydrogens is 883 g/mol. The molecule has 2 atom stereocenters. The maximum absolute atomic E-state index is 13.3. The zero-order valence-corrected chi connectivity index (χ0v) is 41.9. The number of esters is 1. The number of ether oxygens (including phenoxy) is 2. The summed E-state index contributed by atoms with van der Waals surface area (Å²) < 4.78 is 14.3. The normalized spacial score (nSPS) is 22.1. The molecule has 4 heterocycles. The van der Waals surface area contributed by atoms with Gasteiger partial charge in [-0.15, -0.1) is 0 Å². The number of likely N-dealkylation sites (tertiary alicyclic amines) is 1. The van der Waals surface area contributed by atoms with Gasteiger partial charge in [-0.1, -0.05) is 79.7 Å². The van der Waals surface area contributed by atoms with Crippen LogP contribution in [0.1, 0.15) is 119 Å². The minimum atomic E-state index is -0.736. The highest BCUT2D eigenvalue weighted by Gasteiger charge is 2.43. The molecule has 0 bridgehead atoms. The van der Waals surface area contributed by atoms with Gasteiger partial charge in [-0.05, 0) is 101 Å². The third-order valence-electron chi connectivity index (χ3n) is 13.9. The molecule has 1 saturated heterocycles. The fraction of sp³-hybridized carbons (Fsp3) is 0.456. The molecule has 1 fully saturated rings. The maximum atomic E-state index is 13.3. The molecule has 4 aliphatic rings. The van der Waals surface area contributed by atoms with E-state index in [2.05, 4.69) is 121 Å². The van der Waals surface area contributed by atoms with E-state index in [1.807, 2.05) is 18.2 Å². The summed E-state index contributed by atoms with van der Waals surface area (Å²) in [7, 11) is 2.15. The number of benzene rings is 3. The molecule has 13 heteroatoms. The number of rotatable bonds is 15. The van der Waals surface area contributed by atoms with Crippen molar-refractivity contribution in [2.45, 2.75) is 122 Å². The first kappa shape index (κ1) is 51.4. The van der Waals surface area contributed by atoms with Gasteiger partial charge in [0.15, 0.2) is 12.3 Å². The number of amides is 2. The number of hydrogen-bond acceptors (Lipinski definition) is 10. The molecule has 3 aromatic carbocycles. The minimum absolute atomic E-state index is 0.00315. The lowest BCUT2D eigenvalue weighted by Crippen LogP contribution is -2.37. The van der Waals surface area contributed by atoms with Crippen molar-refractivity contribution in [1.29, 1.82) is 0 Å².